The van der Waals surface area contributed by atoms with E-state index in [1.807, 2.05) is 24.3 Å². The SMILES string of the molecule is CCOc1cc(C(=O)Nc2ncc[nH]2)c2[nH]c(NC(=O)c3cc4ccccc4cn3)nc2c1F. The number of benzene rings is 2. The van der Waals surface area contributed by atoms with Crippen LogP contribution in [-0.2, 0) is 0 Å². The van der Waals surface area contributed by atoms with E-state index >= 15 is 4.39 Å². The number of anilines is 2. The number of H-pyrrole nitrogens is 2. The molecule has 5 aromatic rings. The smallest absolute Gasteiger partial charge is 0.276 e. The molecule has 3 heterocycles. The number of aromatic nitrogens is 5. The topological polar surface area (TPSA) is 138 Å². The van der Waals surface area contributed by atoms with Crippen LogP contribution in [0, 0.1) is 5.82 Å². The summed E-state index contributed by atoms with van der Waals surface area (Å²) in [7, 11) is 0. The average Bonchev–Trinajstić information content (AvgIpc) is 3.50. The van der Waals surface area contributed by atoms with Crippen LogP contribution in [0.5, 0.6) is 5.75 Å². The van der Waals surface area contributed by atoms with Gasteiger partial charge in [0.05, 0.1) is 17.7 Å². The number of amides is 2. The van der Waals surface area contributed by atoms with Crippen LogP contribution >= 0.6 is 0 Å². The largest absolute Gasteiger partial charge is 0.491 e. The molecule has 0 bridgehead atoms. The minimum absolute atomic E-state index is 0.0467. The monoisotopic (exact) mass is 459 g/mol. The van der Waals surface area contributed by atoms with Crippen molar-refractivity contribution in [1.29, 1.82) is 0 Å². The Morgan fingerprint density at radius 3 is 2.62 bits per heavy atom. The van der Waals surface area contributed by atoms with Crippen LogP contribution in [0.25, 0.3) is 21.8 Å². The second-order valence-electron chi connectivity index (χ2n) is 7.24. The van der Waals surface area contributed by atoms with Crippen LogP contribution in [0.1, 0.15) is 27.8 Å². The van der Waals surface area contributed by atoms with E-state index in [1.165, 1.54) is 12.3 Å². The first-order chi connectivity index (χ1) is 16.5. The Morgan fingerprint density at radius 1 is 1.06 bits per heavy atom. The molecule has 10 nitrogen and oxygen atoms in total. The Bertz CT molecular complexity index is 1530. The van der Waals surface area contributed by atoms with Gasteiger partial charge in [0.25, 0.3) is 11.8 Å². The maximum Gasteiger partial charge on any atom is 0.276 e. The normalized spacial score (nSPS) is 11.0. The number of pyridine rings is 1. The van der Waals surface area contributed by atoms with E-state index in [-0.39, 0.29) is 46.5 Å². The lowest BCUT2D eigenvalue weighted by Crippen LogP contribution is -2.15. The predicted octanol–water partition coefficient (Wildman–Crippen LogP) is 3.88. The summed E-state index contributed by atoms with van der Waals surface area (Å²) in [5, 5.41) is 6.89. The van der Waals surface area contributed by atoms with Gasteiger partial charge in [-0.15, -0.1) is 0 Å². The fraction of sp³-hybridized carbons (Fsp3) is 0.0870. The molecule has 3 aromatic heterocycles. The van der Waals surface area contributed by atoms with E-state index in [1.54, 1.807) is 25.4 Å². The molecule has 0 fully saturated rings. The quantitative estimate of drug-likeness (QED) is 0.304. The van der Waals surface area contributed by atoms with Gasteiger partial charge in [-0.25, -0.2) is 14.4 Å². The number of carbonyl (C=O) groups is 2. The highest BCUT2D eigenvalue weighted by Crippen LogP contribution is 2.30. The van der Waals surface area contributed by atoms with Crippen LogP contribution in [0.3, 0.4) is 0 Å². The molecule has 2 aromatic carbocycles. The maximum absolute atomic E-state index is 15.0. The Kier molecular flexibility index (Phi) is 5.34. The Balaban J connectivity index is 1.51. The number of hydrogen-bond acceptors (Lipinski definition) is 6. The van der Waals surface area contributed by atoms with E-state index in [4.69, 9.17) is 4.74 Å². The molecule has 4 N–H and O–H groups in total. The Labute approximate surface area is 191 Å². The van der Waals surface area contributed by atoms with Crippen LogP contribution in [0.2, 0.25) is 0 Å². The van der Waals surface area contributed by atoms with E-state index in [2.05, 4.69) is 35.6 Å². The van der Waals surface area contributed by atoms with Crippen molar-refractivity contribution in [2.75, 3.05) is 17.2 Å². The Hall–Kier alpha value is -4.80. The van der Waals surface area contributed by atoms with Gasteiger partial charge in [-0.1, -0.05) is 24.3 Å². The Morgan fingerprint density at radius 2 is 1.85 bits per heavy atom. The minimum atomic E-state index is -0.757. The molecule has 0 saturated heterocycles. The van der Waals surface area contributed by atoms with Crippen LogP contribution < -0.4 is 15.4 Å². The summed E-state index contributed by atoms with van der Waals surface area (Å²) in [6.45, 7) is 1.88. The molecule has 0 saturated carbocycles. The zero-order chi connectivity index (χ0) is 23.7. The molecule has 5 rings (SSSR count). The van der Waals surface area contributed by atoms with Gasteiger partial charge in [-0.05, 0) is 24.4 Å². The minimum Gasteiger partial charge on any atom is -0.491 e. The van der Waals surface area contributed by atoms with E-state index < -0.39 is 17.6 Å². The van der Waals surface area contributed by atoms with Crippen molar-refractivity contribution >= 4 is 45.5 Å². The number of aromatic amines is 2. The van der Waals surface area contributed by atoms with Crippen molar-refractivity contribution in [3.8, 4) is 5.75 Å². The van der Waals surface area contributed by atoms with Crippen molar-refractivity contribution in [2.45, 2.75) is 6.92 Å². The number of fused-ring (bicyclic) bond motifs is 2. The summed E-state index contributed by atoms with van der Waals surface area (Å²) in [5.41, 5.74) is 0.155. The third-order valence-corrected chi connectivity index (χ3v) is 5.04. The molecule has 0 aliphatic heterocycles. The van der Waals surface area contributed by atoms with Crippen molar-refractivity contribution < 1.29 is 18.7 Å². The molecular weight excluding hydrogens is 441 g/mol. The van der Waals surface area contributed by atoms with Crippen LogP contribution in [0.15, 0.2) is 55.0 Å². The fourth-order valence-corrected chi connectivity index (χ4v) is 3.50. The first-order valence-corrected chi connectivity index (χ1v) is 10.4. The summed E-state index contributed by atoms with van der Waals surface area (Å²) in [6, 6.07) is 10.4. The molecule has 0 spiro atoms. The lowest BCUT2D eigenvalue weighted by atomic mass is 10.1. The molecule has 0 unspecified atom stereocenters. The van der Waals surface area contributed by atoms with Gasteiger partial charge in [-0.3, -0.25) is 25.2 Å². The van der Waals surface area contributed by atoms with Gasteiger partial charge in [0.2, 0.25) is 11.9 Å². The summed E-state index contributed by atoms with van der Waals surface area (Å²) in [4.78, 5) is 43.5. The van der Waals surface area contributed by atoms with Crippen LogP contribution in [-0.4, -0.2) is 43.3 Å². The molecule has 170 valence electrons. The zero-order valence-corrected chi connectivity index (χ0v) is 17.8. The molecule has 11 heteroatoms. The number of nitrogens with zero attached hydrogens (tertiary/aromatic N) is 3. The number of carbonyl (C=O) groups excluding carboxylic acids is 2. The standard InChI is InChI=1S/C23H18FN7O3/c1-2-34-16-10-14(20(32)30-22-25-7-8-26-22)18-19(17(16)24)29-23(28-18)31-21(33)15-9-12-5-3-4-6-13(12)11-27-15/h3-11H,2H2,1H3,(H2,25,26,30,32)(H2,28,29,31,33). The summed E-state index contributed by atoms with van der Waals surface area (Å²) < 4.78 is 20.4. The molecule has 0 atom stereocenters. The second-order valence-corrected chi connectivity index (χ2v) is 7.24. The van der Waals surface area contributed by atoms with Gasteiger partial charge < -0.3 is 14.7 Å². The number of ether oxygens (including phenoxy) is 1. The number of hydrogen-bond donors (Lipinski definition) is 4. The first-order valence-electron chi connectivity index (χ1n) is 10.4. The van der Waals surface area contributed by atoms with Crippen molar-refractivity contribution in [2.24, 2.45) is 0 Å². The second kappa shape index (κ2) is 8.62. The van der Waals surface area contributed by atoms with Crippen molar-refractivity contribution in [3.05, 3.63) is 72.1 Å². The maximum atomic E-state index is 15.0. The van der Waals surface area contributed by atoms with E-state index in [0.29, 0.717) is 0 Å². The van der Waals surface area contributed by atoms with Gasteiger partial charge >= 0.3 is 0 Å². The number of halogens is 1. The molecule has 0 aliphatic carbocycles. The highest BCUT2D eigenvalue weighted by Gasteiger charge is 2.23. The lowest BCUT2D eigenvalue weighted by Gasteiger charge is -2.09. The van der Waals surface area contributed by atoms with Gasteiger partial charge in [0, 0.05) is 24.0 Å². The number of imidazole rings is 2. The van der Waals surface area contributed by atoms with Gasteiger partial charge in [0.15, 0.2) is 11.6 Å². The third kappa shape index (κ3) is 3.90. The lowest BCUT2D eigenvalue weighted by molar-refractivity contribution is 0.101. The number of nitrogens with one attached hydrogen (secondary N) is 4. The highest BCUT2D eigenvalue weighted by molar-refractivity contribution is 6.12. The van der Waals surface area contributed by atoms with E-state index in [0.717, 1.165) is 10.8 Å². The fourth-order valence-electron chi connectivity index (χ4n) is 3.50. The predicted molar refractivity (Wildman–Crippen MR) is 123 cm³/mol. The first kappa shape index (κ1) is 21.1. The molecular formula is C23H18FN7O3. The summed E-state index contributed by atoms with van der Waals surface area (Å²) in [5.74, 6) is -1.84. The zero-order valence-electron chi connectivity index (χ0n) is 17.8. The van der Waals surface area contributed by atoms with E-state index in [9.17, 15) is 9.59 Å². The molecule has 34 heavy (non-hydrogen) atoms. The van der Waals surface area contributed by atoms with Crippen molar-refractivity contribution in [1.82, 2.24) is 24.9 Å². The molecule has 0 aliphatic rings. The van der Waals surface area contributed by atoms with Crippen LogP contribution in [0.4, 0.5) is 16.3 Å². The number of rotatable bonds is 6. The molecule has 2 amide bonds. The third-order valence-electron chi connectivity index (χ3n) is 5.04. The average molecular weight is 459 g/mol. The summed E-state index contributed by atoms with van der Waals surface area (Å²) >= 11 is 0. The summed E-state index contributed by atoms with van der Waals surface area (Å²) in [6.07, 6.45) is 4.62. The molecule has 0 radical (unpaired) electrons. The van der Waals surface area contributed by atoms with Gasteiger partial charge in [0.1, 0.15) is 11.2 Å². The highest BCUT2D eigenvalue weighted by atomic mass is 19.1. The van der Waals surface area contributed by atoms with Crippen molar-refractivity contribution in [3.63, 3.8) is 0 Å². The van der Waals surface area contributed by atoms with Gasteiger partial charge in [-0.2, -0.15) is 0 Å².